The molecule has 2 amide bonds. The summed E-state index contributed by atoms with van der Waals surface area (Å²) in [6.45, 7) is 0.717. The quantitative estimate of drug-likeness (QED) is 0.345. The van der Waals surface area contributed by atoms with Gasteiger partial charge in [0.05, 0.1) is 28.5 Å². The van der Waals surface area contributed by atoms with Gasteiger partial charge in [-0.25, -0.2) is 4.98 Å². The first kappa shape index (κ1) is 21.4. The Hall–Kier alpha value is -4.11. The van der Waals surface area contributed by atoms with Crippen LogP contribution in [-0.2, 0) is 24.3 Å². The number of likely N-dealkylation sites (N-methyl/N-ethyl adjacent to an activating group) is 1. The van der Waals surface area contributed by atoms with Crippen LogP contribution in [0.5, 0.6) is 0 Å². The van der Waals surface area contributed by atoms with E-state index in [9.17, 15) is 9.59 Å². The fourth-order valence-corrected chi connectivity index (χ4v) is 5.49. The molecular weight excluding hydrogens is 462 g/mol. The summed E-state index contributed by atoms with van der Waals surface area (Å²) in [5.41, 5.74) is 7.48. The van der Waals surface area contributed by atoms with Crippen molar-refractivity contribution in [3.8, 4) is 0 Å². The molecule has 0 radical (unpaired) electrons. The third kappa shape index (κ3) is 3.74. The van der Waals surface area contributed by atoms with Crippen molar-refractivity contribution in [2.24, 2.45) is 0 Å². The van der Waals surface area contributed by atoms with E-state index in [1.165, 1.54) is 6.26 Å². The molecule has 1 aliphatic rings. The second-order valence-corrected chi connectivity index (χ2v) is 9.44. The second kappa shape index (κ2) is 8.59. The summed E-state index contributed by atoms with van der Waals surface area (Å²) >= 11 is 1.58. The van der Waals surface area contributed by atoms with Crippen molar-refractivity contribution in [2.75, 3.05) is 12.4 Å². The molecule has 2 aromatic carbocycles. The van der Waals surface area contributed by atoms with E-state index < -0.39 is 6.04 Å². The molecule has 3 aromatic heterocycles. The van der Waals surface area contributed by atoms with E-state index in [2.05, 4.69) is 20.6 Å². The third-order valence-corrected chi connectivity index (χ3v) is 7.36. The van der Waals surface area contributed by atoms with Gasteiger partial charge in [-0.2, -0.15) is 0 Å². The number of carbonyl (C=O) groups is 2. The van der Waals surface area contributed by atoms with Gasteiger partial charge in [-0.3, -0.25) is 9.59 Å². The number of aromatic amines is 1. The lowest BCUT2D eigenvalue weighted by Gasteiger charge is -2.34. The van der Waals surface area contributed by atoms with Crippen LogP contribution in [0.25, 0.3) is 21.1 Å². The zero-order valence-electron chi connectivity index (χ0n) is 19.0. The highest BCUT2D eigenvalue weighted by Gasteiger charge is 2.38. The van der Waals surface area contributed by atoms with Gasteiger partial charge in [0, 0.05) is 47.9 Å². The van der Waals surface area contributed by atoms with Crippen molar-refractivity contribution in [2.45, 2.75) is 25.6 Å². The third-order valence-electron chi connectivity index (χ3n) is 6.57. The molecule has 3 N–H and O–H groups in total. The Morgan fingerprint density at radius 2 is 2.11 bits per heavy atom. The number of H-pyrrole nitrogens is 1. The Kier molecular flexibility index (Phi) is 5.26. The number of anilines is 1. The van der Waals surface area contributed by atoms with Crippen LogP contribution in [0.15, 0.2) is 64.7 Å². The Bertz CT molecular complexity index is 1570. The molecule has 0 bridgehead atoms. The molecule has 0 saturated heterocycles. The molecule has 0 spiro atoms. The van der Waals surface area contributed by atoms with Crippen LogP contribution in [-0.4, -0.2) is 39.8 Å². The predicted octanol–water partition coefficient (Wildman–Crippen LogP) is 4.30. The lowest BCUT2D eigenvalue weighted by atomic mass is 9.95. The van der Waals surface area contributed by atoms with Gasteiger partial charge in [-0.1, -0.05) is 18.2 Å². The average molecular weight is 486 g/mol. The smallest absolute Gasteiger partial charge is 0.290 e. The maximum Gasteiger partial charge on any atom is 0.290 e. The van der Waals surface area contributed by atoms with Crippen molar-refractivity contribution in [3.63, 3.8) is 0 Å². The summed E-state index contributed by atoms with van der Waals surface area (Å²) in [6, 6.07) is 15.1. The molecule has 5 aromatic rings. The van der Waals surface area contributed by atoms with Gasteiger partial charge in [0.25, 0.3) is 5.91 Å². The summed E-state index contributed by atoms with van der Waals surface area (Å²) in [4.78, 5) is 35.9. The summed E-state index contributed by atoms with van der Waals surface area (Å²) in [5, 5.41) is 7.18. The fraction of sp³-hybridized carbons (Fsp3) is 0.192. The Morgan fingerprint density at radius 3 is 3.00 bits per heavy atom. The highest BCUT2D eigenvalue weighted by atomic mass is 32.1. The SMILES string of the molecule is CNC(=O)C1Cc2c([nH]c3ccccc23)CN1C(=O)c1occc1CNc1ccc2ncsc2c1. The topological polar surface area (TPSA) is 103 Å². The van der Waals surface area contributed by atoms with Gasteiger partial charge in [-0.05, 0) is 35.9 Å². The average Bonchev–Trinajstić information content (AvgIpc) is 3.63. The first-order chi connectivity index (χ1) is 17.1. The molecule has 1 aliphatic heterocycles. The number of fused-ring (bicyclic) bond motifs is 4. The number of hydrogen-bond acceptors (Lipinski definition) is 6. The van der Waals surface area contributed by atoms with Gasteiger partial charge in [0.15, 0.2) is 5.76 Å². The van der Waals surface area contributed by atoms with Crippen LogP contribution >= 0.6 is 11.3 Å². The number of nitrogens with one attached hydrogen (secondary N) is 3. The summed E-state index contributed by atoms with van der Waals surface area (Å²) in [6.07, 6.45) is 1.96. The van der Waals surface area contributed by atoms with Gasteiger partial charge in [0.2, 0.25) is 5.91 Å². The van der Waals surface area contributed by atoms with Crippen molar-refractivity contribution in [1.82, 2.24) is 20.2 Å². The normalized spacial score (nSPS) is 15.3. The number of carbonyl (C=O) groups excluding carboxylic acids is 2. The van der Waals surface area contributed by atoms with E-state index in [0.29, 0.717) is 19.5 Å². The first-order valence-corrected chi connectivity index (χ1v) is 12.2. The molecular formula is C26H23N5O3S. The van der Waals surface area contributed by atoms with E-state index in [1.807, 2.05) is 48.0 Å². The zero-order chi connectivity index (χ0) is 23.9. The highest BCUT2D eigenvalue weighted by Crippen LogP contribution is 2.32. The fourth-order valence-electron chi connectivity index (χ4n) is 4.78. The van der Waals surface area contributed by atoms with Crippen LogP contribution in [0.1, 0.15) is 27.4 Å². The minimum atomic E-state index is -0.626. The summed E-state index contributed by atoms with van der Waals surface area (Å²) in [5.74, 6) is -0.259. The number of benzene rings is 2. The molecule has 9 heteroatoms. The van der Waals surface area contributed by atoms with E-state index >= 15 is 0 Å². The number of nitrogens with zero attached hydrogens (tertiary/aromatic N) is 2. The van der Waals surface area contributed by atoms with Crippen LogP contribution < -0.4 is 10.6 Å². The van der Waals surface area contributed by atoms with Crippen molar-refractivity contribution in [3.05, 3.63) is 82.9 Å². The zero-order valence-corrected chi connectivity index (χ0v) is 19.8. The molecule has 0 aliphatic carbocycles. The molecule has 35 heavy (non-hydrogen) atoms. The monoisotopic (exact) mass is 485 g/mol. The van der Waals surface area contributed by atoms with Crippen LogP contribution in [0.3, 0.4) is 0 Å². The number of para-hydroxylation sites is 1. The van der Waals surface area contributed by atoms with Gasteiger partial charge in [0.1, 0.15) is 6.04 Å². The molecule has 0 saturated carbocycles. The number of hydrogen-bond donors (Lipinski definition) is 3. The molecule has 6 rings (SSSR count). The first-order valence-electron chi connectivity index (χ1n) is 11.4. The number of amides is 2. The minimum Gasteiger partial charge on any atom is -0.459 e. The van der Waals surface area contributed by atoms with Crippen LogP contribution in [0.4, 0.5) is 5.69 Å². The number of rotatable bonds is 5. The Balaban J connectivity index is 1.28. The van der Waals surface area contributed by atoms with Crippen LogP contribution in [0.2, 0.25) is 0 Å². The molecule has 176 valence electrons. The largest absolute Gasteiger partial charge is 0.459 e. The van der Waals surface area contributed by atoms with Gasteiger partial charge in [-0.15, -0.1) is 11.3 Å². The molecule has 0 fully saturated rings. The number of thiazole rings is 1. The summed E-state index contributed by atoms with van der Waals surface area (Å²) < 4.78 is 6.75. The number of furan rings is 1. The van der Waals surface area contributed by atoms with E-state index in [0.717, 1.165) is 43.6 Å². The standard InChI is InChI=1S/C26H23N5O3S/c1-27-25(32)22-11-18-17-4-2-3-5-19(17)30-21(18)13-31(22)26(33)24-15(8-9-34-24)12-28-16-6-7-20-23(10-16)35-14-29-20/h2-10,14,22,28,30H,11-13H2,1H3,(H,27,32). The molecule has 4 heterocycles. The lowest BCUT2D eigenvalue weighted by Crippen LogP contribution is -2.52. The second-order valence-electron chi connectivity index (χ2n) is 8.56. The van der Waals surface area contributed by atoms with Crippen molar-refractivity contribution in [1.29, 1.82) is 0 Å². The highest BCUT2D eigenvalue weighted by molar-refractivity contribution is 7.16. The van der Waals surface area contributed by atoms with E-state index in [-0.39, 0.29) is 17.6 Å². The van der Waals surface area contributed by atoms with E-state index in [4.69, 9.17) is 4.42 Å². The maximum atomic E-state index is 13.7. The van der Waals surface area contributed by atoms with E-state index in [1.54, 1.807) is 29.4 Å². The number of aromatic nitrogens is 2. The maximum absolute atomic E-state index is 13.7. The van der Waals surface area contributed by atoms with Gasteiger partial charge < -0.3 is 24.9 Å². The predicted molar refractivity (Wildman–Crippen MR) is 135 cm³/mol. The Labute approximate surface area is 205 Å². The van der Waals surface area contributed by atoms with Gasteiger partial charge >= 0.3 is 0 Å². The lowest BCUT2D eigenvalue weighted by molar-refractivity contribution is -0.125. The summed E-state index contributed by atoms with van der Waals surface area (Å²) in [7, 11) is 1.60. The minimum absolute atomic E-state index is 0.196. The van der Waals surface area contributed by atoms with Crippen molar-refractivity contribution >= 4 is 50.0 Å². The Morgan fingerprint density at radius 1 is 1.23 bits per heavy atom. The molecule has 1 unspecified atom stereocenters. The van der Waals surface area contributed by atoms with Crippen LogP contribution in [0, 0.1) is 0 Å². The molecule has 8 nitrogen and oxygen atoms in total. The molecule has 1 atom stereocenters. The van der Waals surface area contributed by atoms with Crippen molar-refractivity contribution < 1.29 is 14.0 Å².